The lowest BCUT2D eigenvalue weighted by Crippen LogP contribution is -2.41. The molecule has 0 amide bonds. The molecule has 0 aromatic carbocycles. The van der Waals surface area contributed by atoms with E-state index in [1.54, 1.807) is 0 Å². The lowest BCUT2D eigenvalue weighted by atomic mass is 9.94. The predicted octanol–water partition coefficient (Wildman–Crippen LogP) is 3.11. The summed E-state index contributed by atoms with van der Waals surface area (Å²) in [6, 6.07) is 0.780. The summed E-state index contributed by atoms with van der Waals surface area (Å²) in [5.74, 6) is 0. The van der Waals surface area contributed by atoms with E-state index in [4.69, 9.17) is 0 Å². The van der Waals surface area contributed by atoms with Gasteiger partial charge in [0.15, 0.2) is 0 Å². The van der Waals surface area contributed by atoms with Gasteiger partial charge in [-0.2, -0.15) is 0 Å². The van der Waals surface area contributed by atoms with E-state index in [0.717, 1.165) is 10.9 Å². The molecule has 17 heavy (non-hydrogen) atoms. The molecule has 2 rings (SSSR count). The van der Waals surface area contributed by atoms with Crippen LogP contribution in [0.4, 0.5) is 0 Å². The van der Waals surface area contributed by atoms with Gasteiger partial charge in [-0.05, 0) is 65.3 Å². The Labute approximate surface area is 115 Å². The fourth-order valence-electron chi connectivity index (χ4n) is 3.28. The van der Waals surface area contributed by atoms with Crippen LogP contribution in [-0.4, -0.2) is 53.9 Å². The minimum atomic E-state index is 0.730. The summed E-state index contributed by atoms with van der Waals surface area (Å²) >= 11 is 3.86. The van der Waals surface area contributed by atoms with E-state index in [-0.39, 0.29) is 0 Å². The number of likely N-dealkylation sites (tertiary alicyclic amines) is 1. The molecular formula is C14H27BrN2. The molecular weight excluding hydrogens is 276 g/mol. The molecule has 100 valence electrons. The van der Waals surface area contributed by atoms with Crippen LogP contribution in [0.3, 0.4) is 0 Å². The average molecular weight is 303 g/mol. The highest BCUT2D eigenvalue weighted by Crippen LogP contribution is 2.27. The second kappa shape index (κ2) is 7.10. The number of rotatable bonds is 5. The van der Waals surface area contributed by atoms with Gasteiger partial charge in [-0.15, -0.1) is 0 Å². The Balaban J connectivity index is 1.63. The average Bonchev–Trinajstić information content (AvgIpc) is 2.82. The molecule has 0 aromatic rings. The summed E-state index contributed by atoms with van der Waals surface area (Å²) in [6.07, 6.45) is 9.76. The van der Waals surface area contributed by atoms with Gasteiger partial charge in [0, 0.05) is 10.9 Å². The van der Waals surface area contributed by atoms with Gasteiger partial charge in [-0.1, -0.05) is 28.8 Å². The summed E-state index contributed by atoms with van der Waals surface area (Å²) in [7, 11) is 2.31. The van der Waals surface area contributed by atoms with Crippen LogP contribution >= 0.6 is 15.9 Å². The van der Waals surface area contributed by atoms with Crippen LogP contribution in [0.25, 0.3) is 0 Å². The molecule has 2 fully saturated rings. The van der Waals surface area contributed by atoms with Gasteiger partial charge in [-0.25, -0.2) is 0 Å². The van der Waals surface area contributed by atoms with Crippen molar-refractivity contribution in [2.75, 3.05) is 33.2 Å². The van der Waals surface area contributed by atoms with Crippen molar-refractivity contribution in [2.45, 2.75) is 55.8 Å². The van der Waals surface area contributed by atoms with E-state index in [9.17, 15) is 0 Å². The van der Waals surface area contributed by atoms with Crippen molar-refractivity contribution in [2.24, 2.45) is 0 Å². The first-order valence-corrected chi connectivity index (χ1v) is 8.25. The predicted molar refractivity (Wildman–Crippen MR) is 77.9 cm³/mol. The maximum absolute atomic E-state index is 3.86. The molecule has 1 saturated carbocycles. The molecule has 1 heterocycles. The SMILES string of the molecule is CN(CCCN1CCCC1)C1CCCCC1Br. The van der Waals surface area contributed by atoms with E-state index >= 15 is 0 Å². The van der Waals surface area contributed by atoms with E-state index in [1.165, 1.54) is 71.1 Å². The van der Waals surface area contributed by atoms with Crippen LogP contribution in [0.5, 0.6) is 0 Å². The molecule has 0 radical (unpaired) electrons. The third-order valence-electron chi connectivity index (χ3n) is 4.40. The number of hydrogen-bond acceptors (Lipinski definition) is 2. The fourth-order valence-corrected chi connectivity index (χ4v) is 4.27. The Kier molecular flexibility index (Phi) is 5.78. The molecule has 2 atom stereocenters. The standard InChI is InChI=1S/C14H27BrN2/c1-16(14-8-3-2-7-13(14)15)9-6-12-17-10-4-5-11-17/h13-14H,2-12H2,1H3. The molecule has 2 unspecified atom stereocenters. The van der Waals surface area contributed by atoms with Crippen LogP contribution in [-0.2, 0) is 0 Å². The molecule has 0 N–H and O–H groups in total. The van der Waals surface area contributed by atoms with Gasteiger partial charge in [0.05, 0.1) is 0 Å². The lowest BCUT2D eigenvalue weighted by molar-refractivity contribution is 0.189. The molecule has 3 heteroatoms. The van der Waals surface area contributed by atoms with Crippen LogP contribution in [0.1, 0.15) is 44.9 Å². The molecule has 1 saturated heterocycles. The molecule has 2 aliphatic rings. The topological polar surface area (TPSA) is 6.48 Å². The Morgan fingerprint density at radius 3 is 2.53 bits per heavy atom. The van der Waals surface area contributed by atoms with Crippen LogP contribution < -0.4 is 0 Å². The number of halogens is 1. The van der Waals surface area contributed by atoms with Crippen LogP contribution in [0.15, 0.2) is 0 Å². The highest BCUT2D eigenvalue weighted by atomic mass is 79.9. The van der Waals surface area contributed by atoms with Crippen molar-refractivity contribution in [3.05, 3.63) is 0 Å². The van der Waals surface area contributed by atoms with Crippen molar-refractivity contribution in [1.82, 2.24) is 9.80 Å². The first-order valence-electron chi connectivity index (χ1n) is 7.34. The van der Waals surface area contributed by atoms with E-state index in [1.807, 2.05) is 0 Å². The smallest absolute Gasteiger partial charge is 0.0301 e. The van der Waals surface area contributed by atoms with Gasteiger partial charge in [0.1, 0.15) is 0 Å². The maximum atomic E-state index is 3.86. The monoisotopic (exact) mass is 302 g/mol. The highest BCUT2D eigenvalue weighted by Gasteiger charge is 2.25. The lowest BCUT2D eigenvalue weighted by Gasteiger charge is -2.35. The molecule has 1 aliphatic carbocycles. The van der Waals surface area contributed by atoms with Gasteiger partial charge >= 0.3 is 0 Å². The van der Waals surface area contributed by atoms with Gasteiger partial charge < -0.3 is 9.80 Å². The molecule has 0 bridgehead atoms. The zero-order chi connectivity index (χ0) is 12.1. The quantitative estimate of drug-likeness (QED) is 0.720. The van der Waals surface area contributed by atoms with Crippen LogP contribution in [0, 0.1) is 0 Å². The molecule has 1 aliphatic heterocycles. The largest absolute Gasteiger partial charge is 0.303 e. The number of hydrogen-bond donors (Lipinski definition) is 0. The second-order valence-corrected chi connectivity index (χ2v) is 6.93. The summed E-state index contributed by atoms with van der Waals surface area (Å²) in [5, 5.41) is 0. The van der Waals surface area contributed by atoms with Gasteiger partial charge in [0.25, 0.3) is 0 Å². The normalized spacial score (nSPS) is 31.2. The zero-order valence-corrected chi connectivity index (χ0v) is 12.8. The Bertz CT molecular complexity index is 216. The van der Waals surface area contributed by atoms with Crippen molar-refractivity contribution in [3.63, 3.8) is 0 Å². The highest BCUT2D eigenvalue weighted by molar-refractivity contribution is 9.09. The third-order valence-corrected chi connectivity index (χ3v) is 5.47. The van der Waals surface area contributed by atoms with Crippen LogP contribution in [0.2, 0.25) is 0 Å². The minimum absolute atomic E-state index is 0.730. The molecule has 0 aromatic heterocycles. The van der Waals surface area contributed by atoms with Crippen molar-refractivity contribution in [3.8, 4) is 0 Å². The molecule has 0 spiro atoms. The maximum Gasteiger partial charge on any atom is 0.0301 e. The van der Waals surface area contributed by atoms with E-state index < -0.39 is 0 Å². The summed E-state index contributed by atoms with van der Waals surface area (Å²) in [5.41, 5.74) is 0. The Morgan fingerprint density at radius 1 is 1.12 bits per heavy atom. The third kappa shape index (κ3) is 4.22. The van der Waals surface area contributed by atoms with Gasteiger partial charge in [0.2, 0.25) is 0 Å². The Hall–Kier alpha value is 0.400. The fraction of sp³-hybridized carbons (Fsp3) is 1.00. The summed E-state index contributed by atoms with van der Waals surface area (Å²) in [4.78, 5) is 5.95. The molecule has 2 nitrogen and oxygen atoms in total. The zero-order valence-electron chi connectivity index (χ0n) is 11.2. The van der Waals surface area contributed by atoms with Gasteiger partial charge in [-0.3, -0.25) is 0 Å². The first kappa shape index (κ1) is 13.8. The van der Waals surface area contributed by atoms with E-state index in [2.05, 4.69) is 32.8 Å². The van der Waals surface area contributed by atoms with Crippen molar-refractivity contribution in [1.29, 1.82) is 0 Å². The summed E-state index contributed by atoms with van der Waals surface area (Å²) in [6.45, 7) is 5.26. The Morgan fingerprint density at radius 2 is 1.82 bits per heavy atom. The summed E-state index contributed by atoms with van der Waals surface area (Å²) < 4.78 is 0. The first-order chi connectivity index (χ1) is 8.27. The number of alkyl halides is 1. The number of nitrogens with zero attached hydrogens (tertiary/aromatic N) is 2. The minimum Gasteiger partial charge on any atom is -0.303 e. The van der Waals surface area contributed by atoms with Crippen molar-refractivity contribution < 1.29 is 0 Å². The van der Waals surface area contributed by atoms with Crippen molar-refractivity contribution >= 4 is 15.9 Å². The second-order valence-electron chi connectivity index (χ2n) is 5.75. The van der Waals surface area contributed by atoms with E-state index in [0.29, 0.717) is 0 Å².